The molecule has 3 rings (SSSR count). The van der Waals surface area contributed by atoms with Crippen LogP contribution in [0.4, 0.5) is 9.18 Å². The normalized spacial score (nSPS) is 25.4. The Labute approximate surface area is 151 Å². The minimum absolute atomic E-state index is 0.115. The van der Waals surface area contributed by atoms with Crippen LogP contribution in [0.1, 0.15) is 51.0 Å². The zero-order valence-electron chi connectivity index (χ0n) is 15.4. The molecule has 1 aliphatic carbocycles. The summed E-state index contributed by atoms with van der Waals surface area (Å²) in [4.78, 5) is 28.6. The molecule has 142 valence electrons. The van der Waals surface area contributed by atoms with Crippen LogP contribution in [0.2, 0.25) is 0 Å². The third-order valence-electron chi connectivity index (χ3n) is 5.51. The second kappa shape index (κ2) is 6.10. The molecule has 2 amide bonds. The highest BCUT2D eigenvalue weighted by atomic mass is 19.1. The van der Waals surface area contributed by atoms with Gasteiger partial charge in [-0.15, -0.1) is 0 Å². The Morgan fingerprint density at radius 3 is 2.58 bits per heavy atom. The average Bonchev–Trinajstić information content (AvgIpc) is 3.32. The predicted molar refractivity (Wildman–Crippen MR) is 91.7 cm³/mol. The number of likely N-dealkylation sites (tertiary alicyclic amines) is 1. The summed E-state index contributed by atoms with van der Waals surface area (Å²) in [6.07, 6.45) is 1.66. The number of carbonyl (C=O) groups is 2. The first kappa shape index (κ1) is 18.4. The molecule has 26 heavy (non-hydrogen) atoms. The Kier molecular flexibility index (Phi) is 4.32. The first-order valence-corrected chi connectivity index (χ1v) is 8.67. The molecule has 2 fully saturated rings. The van der Waals surface area contributed by atoms with Gasteiger partial charge in [0.1, 0.15) is 11.9 Å². The number of hydrogen-bond acceptors (Lipinski definition) is 4. The summed E-state index contributed by atoms with van der Waals surface area (Å²) >= 11 is 0. The van der Waals surface area contributed by atoms with Crippen molar-refractivity contribution in [3.05, 3.63) is 23.8 Å². The number of hydrogen-bond donors (Lipinski definition) is 2. The number of ether oxygens (including phenoxy) is 1. The lowest BCUT2D eigenvalue weighted by atomic mass is 9.65. The summed E-state index contributed by atoms with van der Waals surface area (Å²) in [7, 11) is 0. The van der Waals surface area contributed by atoms with Crippen LogP contribution in [-0.2, 0) is 0 Å². The molecule has 0 radical (unpaired) electrons. The Morgan fingerprint density at radius 1 is 1.42 bits per heavy atom. The van der Waals surface area contributed by atoms with E-state index in [2.05, 4.69) is 10.3 Å². The maximum Gasteiger partial charge on any atom is 0.408 e. The fourth-order valence-corrected chi connectivity index (χ4v) is 3.21. The molecule has 2 atom stereocenters. The number of halogens is 1. The summed E-state index contributed by atoms with van der Waals surface area (Å²) < 4.78 is 20.1. The van der Waals surface area contributed by atoms with Gasteiger partial charge in [-0.3, -0.25) is 9.69 Å². The molecule has 2 aliphatic rings. The highest BCUT2D eigenvalue weighted by Crippen LogP contribution is 2.46. The van der Waals surface area contributed by atoms with Crippen molar-refractivity contribution in [3.8, 4) is 5.75 Å². The quantitative estimate of drug-likeness (QED) is 0.856. The second-order valence-electron chi connectivity index (χ2n) is 8.15. The monoisotopic (exact) mass is 365 g/mol. The zero-order valence-corrected chi connectivity index (χ0v) is 15.4. The standard InChI is InChI=1S/C18H24FN3O4/c1-17(2,3)18(4)13(9-22(18)16(24)25)26-11-7-12(19)14(20-8-11)15(23)21-10-5-6-10/h7-8,10,13H,5-6,9H2,1-4H3,(H,21,23)(H,24,25)/t13-,18-/m0/s1. The summed E-state index contributed by atoms with van der Waals surface area (Å²) in [6, 6.07) is 1.24. The number of aromatic nitrogens is 1. The average molecular weight is 365 g/mol. The van der Waals surface area contributed by atoms with Gasteiger partial charge in [0.15, 0.2) is 11.5 Å². The smallest absolute Gasteiger partial charge is 0.408 e. The van der Waals surface area contributed by atoms with E-state index in [1.165, 1.54) is 11.1 Å². The van der Waals surface area contributed by atoms with Crippen LogP contribution in [-0.4, -0.2) is 51.2 Å². The van der Waals surface area contributed by atoms with Gasteiger partial charge in [0, 0.05) is 12.1 Å². The fourth-order valence-electron chi connectivity index (χ4n) is 3.21. The van der Waals surface area contributed by atoms with Gasteiger partial charge >= 0.3 is 6.09 Å². The van der Waals surface area contributed by atoms with Gasteiger partial charge in [0.2, 0.25) is 0 Å². The minimum Gasteiger partial charge on any atom is -0.484 e. The minimum atomic E-state index is -1.02. The van der Waals surface area contributed by atoms with E-state index in [1.54, 1.807) is 0 Å². The first-order valence-electron chi connectivity index (χ1n) is 8.67. The lowest BCUT2D eigenvalue weighted by Gasteiger charge is -2.60. The van der Waals surface area contributed by atoms with Crippen molar-refractivity contribution in [1.29, 1.82) is 0 Å². The Balaban J connectivity index is 1.75. The van der Waals surface area contributed by atoms with Crippen molar-refractivity contribution in [2.45, 2.75) is 58.2 Å². The molecule has 1 saturated carbocycles. The molecule has 0 spiro atoms. The van der Waals surface area contributed by atoms with Crippen LogP contribution >= 0.6 is 0 Å². The maximum absolute atomic E-state index is 14.3. The maximum atomic E-state index is 14.3. The van der Waals surface area contributed by atoms with E-state index in [-0.39, 0.29) is 29.4 Å². The van der Waals surface area contributed by atoms with Crippen LogP contribution in [0.3, 0.4) is 0 Å². The summed E-state index contributed by atoms with van der Waals surface area (Å²) in [5.74, 6) is -1.11. The topological polar surface area (TPSA) is 91.8 Å². The Hall–Kier alpha value is -2.38. The predicted octanol–water partition coefficient (Wildman–Crippen LogP) is 2.66. The number of amides is 2. The molecule has 0 bridgehead atoms. The summed E-state index contributed by atoms with van der Waals surface area (Å²) in [5, 5.41) is 12.1. The van der Waals surface area contributed by atoms with Gasteiger partial charge in [-0.25, -0.2) is 14.2 Å². The van der Waals surface area contributed by atoms with Crippen molar-refractivity contribution in [2.75, 3.05) is 6.54 Å². The first-order chi connectivity index (χ1) is 12.0. The van der Waals surface area contributed by atoms with Gasteiger partial charge < -0.3 is 15.2 Å². The van der Waals surface area contributed by atoms with Crippen molar-refractivity contribution in [1.82, 2.24) is 15.2 Å². The number of pyridine rings is 1. The Morgan fingerprint density at radius 2 is 2.08 bits per heavy atom. The molecule has 1 aromatic heterocycles. The lowest BCUT2D eigenvalue weighted by molar-refractivity contribution is -0.147. The van der Waals surface area contributed by atoms with Gasteiger partial charge in [-0.05, 0) is 25.2 Å². The van der Waals surface area contributed by atoms with E-state index in [0.29, 0.717) is 0 Å². The van der Waals surface area contributed by atoms with Crippen molar-refractivity contribution >= 4 is 12.0 Å². The molecular weight excluding hydrogens is 341 g/mol. The number of carbonyl (C=O) groups excluding carboxylic acids is 1. The number of carboxylic acid groups (broad SMARTS) is 1. The van der Waals surface area contributed by atoms with Crippen LogP contribution in [0.5, 0.6) is 5.75 Å². The van der Waals surface area contributed by atoms with Gasteiger partial charge in [0.25, 0.3) is 5.91 Å². The van der Waals surface area contributed by atoms with Crippen LogP contribution in [0.25, 0.3) is 0 Å². The van der Waals surface area contributed by atoms with E-state index in [4.69, 9.17) is 4.74 Å². The molecule has 2 heterocycles. The number of nitrogens with zero attached hydrogens (tertiary/aromatic N) is 2. The molecule has 1 saturated heterocycles. The number of nitrogens with one attached hydrogen (secondary N) is 1. The lowest BCUT2D eigenvalue weighted by Crippen LogP contribution is -2.77. The highest BCUT2D eigenvalue weighted by molar-refractivity contribution is 5.93. The molecular formula is C18H24FN3O4. The summed E-state index contributed by atoms with van der Waals surface area (Å²) in [5.41, 5.74) is -1.41. The largest absolute Gasteiger partial charge is 0.484 e. The SMILES string of the molecule is CC(C)(C)[C@]1(C)[C@@H](Oc2cnc(C(=O)NC3CC3)c(F)c2)CN1C(=O)O. The van der Waals surface area contributed by atoms with E-state index >= 15 is 0 Å². The molecule has 0 unspecified atom stereocenters. The van der Waals surface area contributed by atoms with E-state index in [9.17, 15) is 19.1 Å². The molecule has 7 nitrogen and oxygen atoms in total. The molecule has 2 N–H and O–H groups in total. The van der Waals surface area contributed by atoms with Crippen molar-refractivity contribution in [3.63, 3.8) is 0 Å². The van der Waals surface area contributed by atoms with Crippen molar-refractivity contribution < 1.29 is 23.8 Å². The van der Waals surface area contributed by atoms with E-state index < -0.39 is 29.5 Å². The number of rotatable bonds is 4. The van der Waals surface area contributed by atoms with Gasteiger partial charge in [-0.1, -0.05) is 20.8 Å². The molecule has 1 aliphatic heterocycles. The third-order valence-corrected chi connectivity index (χ3v) is 5.51. The van der Waals surface area contributed by atoms with Gasteiger partial charge in [-0.2, -0.15) is 0 Å². The third kappa shape index (κ3) is 3.08. The van der Waals surface area contributed by atoms with E-state index in [1.807, 2.05) is 27.7 Å². The zero-order chi connectivity index (χ0) is 19.3. The van der Waals surface area contributed by atoms with Crippen LogP contribution in [0.15, 0.2) is 12.3 Å². The molecule has 1 aromatic rings. The molecule has 0 aromatic carbocycles. The van der Waals surface area contributed by atoms with Gasteiger partial charge in [0.05, 0.1) is 18.3 Å². The second-order valence-corrected chi connectivity index (χ2v) is 8.15. The highest BCUT2D eigenvalue weighted by Gasteiger charge is 2.60. The fraction of sp³-hybridized carbons (Fsp3) is 0.611. The molecule has 8 heteroatoms. The van der Waals surface area contributed by atoms with Crippen molar-refractivity contribution in [2.24, 2.45) is 5.41 Å². The Bertz CT molecular complexity index is 744. The van der Waals surface area contributed by atoms with E-state index in [0.717, 1.165) is 18.9 Å². The van der Waals surface area contributed by atoms with Crippen LogP contribution in [0, 0.1) is 11.2 Å². The summed E-state index contributed by atoms with van der Waals surface area (Å²) in [6.45, 7) is 7.80. The van der Waals surface area contributed by atoms with Crippen LogP contribution < -0.4 is 10.1 Å².